The number of carbonyl (C=O) groups excluding carboxylic acids is 1. The first-order chi connectivity index (χ1) is 13.5. The topological polar surface area (TPSA) is 85.9 Å². The summed E-state index contributed by atoms with van der Waals surface area (Å²) >= 11 is 12.1. The Morgan fingerprint density at radius 3 is 2.82 bits per heavy atom. The van der Waals surface area contributed by atoms with Crippen molar-refractivity contribution >= 4 is 46.2 Å². The van der Waals surface area contributed by atoms with Gasteiger partial charge in [-0.15, -0.1) is 0 Å². The molecule has 2 aromatic carbocycles. The lowest BCUT2D eigenvalue weighted by molar-refractivity contribution is 0.0950. The molecule has 0 aliphatic rings. The van der Waals surface area contributed by atoms with Crippen LogP contribution in [0.3, 0.4) is 0 Å². The van der Waals surface area contributed by atoms with Crippen molar-refractivity contribution in [3.8, 4) is 11.3 Å². The van der Waals surface area contributed by atoms with Crippen LogP contribution in [-0.2, 0) is 0 Å². The third kappa shape index (κ3) is 3.52. The molecule has 0 spiro atoms. The van der Waals surface area contributed by atoms with Crippen LogP contribution in [0.5, 0.6) is 0 Å². The molecule has 140 valence electrons. The molecule has 8 heteroatoms. The number of aryl methyl sites for hydroxylation is 1. The summed E-state index contributed by atoms with van der Waals surface area (Å²) in [6.45, 7) is 1.96. The molecule has 0 unspecified atom stereocenters. The lowest BCUT2D eigenvalue weighted by Gasteiger charge is -2.00. The van der Waals surface area contributed by atoms with Crippen LogP contribution in [-0.4, -0.2) is 27.3 Å². The number of benzene rings is 2. The Bertz CT molecular complexity index is 1210. The van der Waals surface area contributed by atoms with E-state index in [-0.39, 0.29) is 5.69 Å². The van der Waals surface area contributed by atoms with E-state index in [4.69, 9.17) is 23.2 Å². The van der Waals surface area contributed by atoms with E-state index < -0.39 is 5.91 Å². The number of halogens is 2. The molecular formula is C20H15Cl2N5O. The van der Waals surface area contributed by atoms with Crippen LogP contribution in [0.1, 0.15) is 21.7 Å². The predicted molar refractivity (Wildman–Crippen MR) is 112 cm³/mol. The summed E-state index contributed by atoms with van der Waals surface area (Å²) in [5, 5.41) is 12.9. The minimum atomic E-state index is -0.405. The van der Waals surface area contributed by atoms with Crippen LogP contribution in [0, 0.1) is 6.92 Å². The molecule has 6 nitrogen and oxygen atoms in total. The summed E-state index contributed by atoms with van der Waals surface area (Å²) in [6, 6.07) is 14.6. The van der Waals surface area contributed by atoms with E-state index in [0.717, 1.165) is 22.2 Å². The van der Waals surface area contributed by atoms with E-state index in [2.05, 4.69) is 25.7 Å². The number of para-hydroxylation sites is 1. The predicted octanol–water partition coefficient (Wildman–Crippen LogP) is 4.94. The van der Waals surface area contributed by atoms with E-state index in [1.807, 2.05) is 31.2 Å². The molecule has 0 aliphatic carbocycles. The van der Waals surface area contributed by atoms with Crippen molar-refractivity contribution in [2.75, 3.05) is 0 Å². The first-order valence-electron chi connectivity index (χ1n) is 8.44. The Morgan fingerprint density at radius 1 is 1.18 bits per heavy atom. The van der Waals surface area contributed by atoms with Crippen molar-refractivity contribution in [2.24, 2.45) is 5.10 Å². The summed E-state index contributed by atoms with van der Waals surface area (Å²) < 4.78 is 0. The molecule has 0 bridgehead atoms. The zero-order valence-electron chi connectivity index (χ0n) is 14.8. The van der Waals surface area contributed by atoms with Crippen LogP contribution >= 0.6 is 23.2 Å². The Kier molecular flexibility index (Phi) is 4.90. The van der Waals surface area contributed by atoms with Crippen LogP contribution in [0.4, 0.5) is 0 Å². The van der Waals surface area contributed by atoms with Gasteiger partial charge in [-0.3, -0.25) is 9.89 Å². The second-order valence-electron chi connectivity index (χ2n) is 6.20. The van der Waals surface area contributed by atoms with E-state index in [1.54, 1.807) is 30.5 Å². The maximum absolute atomic E-state index is 12.3. The summed E-state index contributed by atoms with van der Waals surface area (Å²) in [4.78, 5) is 15.6. The molecule has 3 N–H and O–H groups in total. The molecule has 0 fully saturated rings. The van der Waals surface area contributed by atoms with E-state index in [9.17, 15) is 4.79 Å². The molecule has 0 atom stereocenters. The minimum Gasteiger partial charge on any atom is -0.358 e. The second-order valence-corrected chi connectivity index (χ2v) is 7.04. The fourth-order valence-electron chi connectivity index (χ4n) is 2.95. The summed E-state index contributed by atoms with van der Waals surface area (Å²) in [5.74, 6) is -0.405. The van der Waals surface area contributed by atoms with Crippen LogP contribution < -0.4 is 5.43 Å². The number of aromatic amines is 2. The van der Waals surface area contributed by atoms with E-state index in [0.29, 0.717) is 21.3 Å². The highest BCUT2D eigenvalue weighted by Crippen LogP contribution is 2.29. The molecule has 1 amide bonds. The number of fused-ring (bicyclic) bond motifs is 1. The maximum Gasteiger partial charge on any atom is 0.289 e. The number of hydrogen-bond acceptors (Lipinski definition) is 3. The normalized spacial score (nSPS) is 11.4. The molecule has 4 rings (SSSR count). The Morgan fingerprint density at radius 2 is 2.00 bits per heavy atom. The summed E-state index contributed by atoms with van der Waals surface area (Å²) in [5.41, 5.74) is 6.92. The molecule has 0 saturated carbocycles. The first-order valence-corrected chi connectivity index (χ1v) is 9.20. The van der Waals surface area contributed by atoms with Gasteiger partial charge in [0, 0.05) is 32.7 Å². The number of hydrogen-bond donors (Lipinski definition) is 3. The van der Waals surface area contributed by atoms with Gasteiger partial charge in [-0.25, -0.2) is 5.43 Å². The first kappa shape index (κ1) is 18.3. The Labute approximate surface area is 170 Å². The number of H-pyrrole nitrogens is 2. The van der Waals surface area contributed by atoms with Gasteiger partial charge in [-0.1, -0.05) is 41.4 Å². The number of nitrogens with one attached hydrogen (secondary N) is 3. The molecule has 0 saturated heterocycles. The molecule has 4 aromatic rings. The molecule has 0 radical (unpaired) electrons. The third-order valence-corrected chi connectivity index (χ3v) is 4.88. The van der Waals surface area contributed by atoms with Crippen LogP contribution in [0.25, 0.3) is 22.2 Å². The van der Waals surface area contributed by atoms with E-state index >= 15 is 0 Å². The van der Waals surface area contributed by atoms with Crippen molar-refractivity contribution in [1.29, 1.82) is 0 Å². The standard InChI is InChI=1S/C20H15Cl2N5O/c1-11-15(13-4-2-3-5-17(13)24-11)10-23-27-20(28)19-9-18(25-26-19)14-7-6-12(21)8-16(14)22/h2-10,24H,1H3,(H,25,26)(H,27,28)/b23-10+. The van der Waals surface area contributed by atoms with Gasteiger partial charge in [0.15, 0.2) is 0 Å². The van der Waals surface area contributed by atoms with Gasteiger partial charge >= 0.3 is 0 Å². The van der Waals surface area contributed by atoms with Crippen LogP contribution in [0.15, 0.2) is 53.6 Å². The summed E-state index contributed by atoms with van der Waals surface area (Å²) in [6.07, 6.45) is 1.62. The van der Waals surface area contributed by atoms with Gasteiger partial charge < -0.3 is 4.98 Å². The number of rotatable bonds is 4. The fraction of sp³-hybridized carbons (Fsp3) is 0.0500. The Hall–Kier alpha value is -3.09. The average Bonchev–Trinajstić information content (AvgIpc) is 3.27. The average molecular weight is 412 g/mol. The third-order valence-electron chi connectivity index (χ3n) is 4.33. The quantitative estimate of drug-likeness (QED) is 0.328. The molecule has 0 aliphatic heterocycles. The van der Waals surface area contributed by atoms with Crippen molar-refractivity contribution in [3.05, 3.63) is 75.5 Å². The monoisotopic (exact) mass is 411 g/mol. The minimum absolute atomic E-state index is 0.272. The van der Waals surface area contributed by atoms with Gasteiger partial charge in [0.25, 0.3) is 5.91 Å². The number of hydrazone groups is 1. The Balaban J connectivity index is 1.51. The van der Waals surface area contributed by atoms with Gasteiger partial charge in [0.05, 0.1) is 16.9 Å². The maximum atomic E-state index is 12.3. The number of nitrogens with zero attached hydrogens (tertiary/aromatic N) is 2. The molecular weight excluding hydrogens is 397 g/mol. The number of amides is 1. The number of aromatic nitrogens is 3. The lowest BCUT2D eigenvalue weighted by atomic mass is 10.1. The van der Waals surface area contributed by atoms with E-state index in [1.165, 1.54) is 0 Å². The highest BCUT2D eigenvalue weighted by atomic mass is 35.5. The molecule has 2 heterocycles. The van der Waals surface area contributed by atoms with Gasteiger partial charge in [-0.2, -0.15) is 10.2 Å². The fourth-order valence-corrected chi connectivity index (χ4v) is 3.46. The lowest BCUT2D eigenvalue weighted by Crippen LogP contribution is -2.18. The zero-order valence-corrected chi connectivity index (χ0v) is 16.3. The largest absolute Gasteiger partial charge is 0.358 e. The van der Waals surface area contributed by atoms with Crippen LogP contribution in [0.2, 0.25) is 10.0 Å². The highest BCUT2D eigenvalue weighted by Gasteiger charge is 2.13. The zero-order chi connectivity index (χ0) is 19.7. The molecule has 28 heavy (non-hydrogen) atoms. The molecule has 2 aromatic heterocycles. The van der Waals surface area contributed by atoms with Crippen molar-refractivity contribution in [1.82, 2.24) is 20.6 Å². The van der Waals surface area contributed by atoms with Crippen molar-refractivity contribution in [3.63, 3.8) is 0 Å². The SMILES string of the molecule is Cc1[nH]c2ccccc2c1/C=N/NC(=O)c1cc(-c2ccc(Cl)cc2Cl)n[nH]1. The van der Waals surface area contributed by atoms with Gasteiger partial charge in [-0.05, 0) is 37.3 Å². The number of carbonyl (C=O) groups is 1. The van der Waals surface area contributed by atoms with Gasteiger partial charge in [0.2, 0.25) is 0 Å². The van der Waals surface area contributed by atoms with Crippen molar-refractivity contribution in [2.45, 2.75) is 6.92 Å². The van der Waals surface area contributed by atoms with Crippen molar-refractivity contribution < 1.29 is 4.79 Å². The second kappa shape index (κ2) is 7.50. The van der Waals surface area contributed by atoms with Gasteiger partial charge in [0.1, 0.15) is 5.69 Å². The highest BCUT2D eigenvalue weighted by molar-refractivity contribution is 6.36. The summed E-state index contributed by atoms with van der Waals surface area (Å²) in [7, 11) is 0. The smallest absolute Gasteiger partial charge is 0.289 e.